The molecule has 0 aliphatic carbocycles. The second kappa shape index (κ2) is 7.21. The standard InChI is InChI=1S/C19H17FN4OS/c1-24-17-7-8-21-12-16(17)15-5-6-18(23-19(15)24)22-13-3-2-4-14(11-13)25-9-10-26-20/h2-8,11-12H,9-10H2,1H3,(H,22,23). The molecule has 0 atom stereocenters. The minimum atomic E-state index is 0.274. The van der Waals surface area contributed by atoms with Gasteiger partial charge in [0.15, 0.2) is 0 Å². The van der Waals surface area contributed by atoms with E-state index in [1.165, 1.54) is 0 Å². The number of pyridine rings is 2. The van der Waals surface area contributed by atoms with Crippen LogP contribution < -0.4 is 10.1 Å². The number of hydrogen-bond acceptors (Lipinski definition) is 5. The minimum Gasteiger partial charge on any atom is -0.493 e. The molecule has 26 heavy (non-hydrogen) atoms. The smallest absolute Gasteiger partial charge is 0.143 e. The lowest BCUT2D eigenvalue weighted by molar-refractivity contribution is 0.343. The van der Waals surface area contributed by atoms with E-state index < -0.39 is 0 Å². The van der Waals surface area contributed by atoms with Gasteiger partial charge in [-0.25, -0.2) is 4.98 Å². The molecule has 5 nitrogen and oxygen atoms in total. The molecule has 0 bridgehead atoms. The molecule has 0 aliphatic heterocycles. The van der Waals surface area contributed by atoms with Crippen molar-refractivity contribution in [2.75, 3.05) is 17.7 Å². The number of ether oxygens (including phenoxy) is 1. The Bertz CT molecular complexity index is 1070. The number of anilines is 2. The van der Waals surface area contributed by atoms with Crippen LogP contribution in [0, 0.1) is 0 Å². The van der Waals surface area contributed by atoms with E-state index in [4.69, 9.17) is 9.72 Å². The van der Waals surface area contributed by atoms with E-state index in [0.717, 1.165) is 33.4 Å². The molecule has 0 unspecified atom stereocenters. The van der Waals surface area contributed by atoms with Crippen LogP contribution in [0.2, 0.25) is 0 Å². The Morgan fingerprint density at radius 2 is 2.12 bits per heavy atom. The predicted octanol–water partition coefficient (Wildman–Crippen LogP) is 4.86. The molecule has 0 spiro atoms. The zero-order chi connectivity index (χ0) is 17.9. The number of nitrogens with zero attached hydrogens (tertiary/aromatic N) is 3. The lowest BCUT2D eigenvalue weighted by atomic mass is 10.2. The SMILES string of the molecule is Cn1c2ccncc2c2ccc(Nc3cccc(OCCSF)c3)nc21. The molecule has 132 valence electrons. The Labute approximate surface area is 154 Å². The van der Waals surface area contributed by atoms with Crippen molar-refractivity contribution in [2.45, 2.75) is 0 Å². The number of nitrogens with one attached hydrogen (secondary N) is 1. The molecule has 3 heterocycles. The van der Waals surface area contributed by atoms with Crippen molar-refractivity contribution in [1.82, 2.24) is 14.5 Å². The Hall–Kier alpha value is -2.80. The highest BCUT2D eigenvalue weighted by atomic mass is 32.2. The van der Waals surface area contributed by atoms with Gasteiger partial charge in [0.05, 0.1) is 17.9 Å². The number of aromatic nitrogens is 3. The van der Waals surface area contributed by atoms with Gasteiger partial charge in [-0.2, -0.15) is 3.89 Å². The summed E-state index contributed by atoms with van der Waals surface area (Å²) in [6, 6.07) is 13.5. The van der Waals surface area contributed by atoms with Gasteiger partial charge in [0.2, 0.25) is 0 Å². The van der Waals surface area contributed by atoms with Crippen LogP contribution in [0.4, 0.5) is 15.4 Å². The van der Waals surface area contributed by atoms with Crippen LogP contribution in [0.5, 0.6) is 5.75 Å². The van der Waals surface area contributed by atoms with E-state index in [9.17, 15) is 3.89 Å². The fraction of sp³-hybridized carbons (Fsp3) is 0.158. The van der Waals surface area contributed by atoms with E-state index in [0.29, 0.717) is 18.1 Å². The third-order valence-corrected chi connectivity index (χ3v) is 4.50. The Kier molecular flexibility index (Phi) is 4.62. The third kappa shape index (κ3) is 3.17. The first-order chi connectivity index (χ1) is 12.8. The molecule has 0 fully saturated rings. The zero-order valence-corrected chi connectivity index (χ0v) is 15.0. The van der Waals surface area contributed by atoms with Gasteiger partial charge >= 0.3 is 0 Å². The predicted molar refractivity (Wildman–Crippen MR) is 105 cm³/mol. The van der Waals surface area contributed by atoms with Crippen LogP contribution in [0.25, 0.3) is 21.9 Å². The number of hydrogen-bond donors (Lipinski definition) is 1. The maximum Gasteiger partial charge on any atom is 0.143 e. The van der Waals surface area contributed by atoms with Crippen LogP contribution in [0.15, 0.2) is 54.9 Å². The molecular weight excluding hydrogens is 351 g/mol. The molecule has 1 N–H and O–H groups in total. The summed E-state index contributed by atoms with van der Waals surface area (Å²) in [5, 5.41) is 5.46. The number of aryl methyl sites for hydroxylation is 1. The van der Waals surface area contributed by atoms with Gasteiger partial charge in [-0.15, -0.1) is 0 Å². The molecule has 1 aromatic carbocycles. The Morgan fingerprint density at radius 1 is 1.19 bits per heavy atom. The van der Waals surface area contributed by atoms with E-state index in [1.54, 1.807) is 6.20 Å². The Morgan fingerprint density at radius 3 is 3.00 bits per heavy atom. The quantitative estimate of drug-likeness (QED) is 0.493. The summed E-state index contributed by atoms with van der Waals surface area (Å²) in [6.07, 6.45) is 3.65. The maximum atomic E-state index is 12.1. The number of halogens is 1. The average Bonchev–Trinajstić information content (AvgIpc) is 2.95. The normalized spacial score (nSPS) is 11.2. The summed E-state index contributed by atoms with van der Waals surface area (Å²) in [5.74, 6) is 1.75. The van der Waals surface area contributed by atoms with Gasteiger partial charge in [-0.3, -0.25) is 4.98 Å². The maximum absolute atomic E-state index is 12.1. The fourth-order valence-electron chi connectivity index (χ4n) is 2.99. The van der Waals surface area contributed by atoms with E-state index in [2.05, 4.69) is 14.9 Å². The molecule has 0 aliphatic rings. The van der Waals surface area contributed by atoms with Crippen LogP contribution in [0.1, 0.15) is 0 Å². The van der Waals surface area contributed by atoms with Crippen molar-refractivity contribution in [2.24, 2.45) is 7.05 Å². The monoisotopic (exact) mass is 368 g/mol. The molecular formula is C19H17FN4OS. The van der Waals surface area contributed by atoms with Gasteiger partial charge < -0.3 is 14.6 Å². The van der Waals surface area contributed by atoms with Crippen molar-refractivity contribution in [3.8, 4) is 5.75 Å². The first-order valence-corrected chi connectivity index (χ1v) is 9.07. The lowest BCUT2D eigenvalue weighted by Gasteiger charge is -2.09. The molecule has 0 amide bonds. The third-order valence-electron chi connectivity index (χ3n) is 4.18. The number of fused-ring (bicyclic) bond motifs is 3. The highest BCUT2D eigenvalue weighted by molar-refractivity contribution is 7.94. The summed E-state index contributed by atoms with van der Waals surface area (Å²) in [5.41, 5.74) is 2.86. The summed E-state index contributed by atoms with van der Waals surface area (Å²) < 4.78 is 19.7. The first-order valence-electron chi connectivity index (χ1n) is 8.19. The molecule has 0 saturated heterocycles. The van der Waals surface area contributed by atoms with Crippen molar-refractivity contribution < 1.29 is 8.62 Å². The Balaban J connectivity index is 1.62. The minimum absolute atomic E-state index is 0.274. The topological polar surface area (TPSA) is 52.0 Å². The molecule has 4 aromatic rings. The second-order valence-corrected chi connectivity index (χ2v) is 6.46. The summed E-state index contributed by atoms with van der Waals surface area (Å²) in [7, 11) is 2.00. The van der Waals surface area contributed by atoms with Crippen LogP contribution >= 0.6 is 12.1 Å². The molecule has 0 saturated carbocycles. The fourth-order valence-corrected chi connectivity index (χ4v) is 3.13. The average molecular weight is 368 g/mol. The largest absolute Gasteiger partial charge is 0.493 e. The number of rotatable bonds is 6. The zero-order valence-electron chi connectivity index (χ0n) is 14.1. The van der Waals surface area contributed by atoms with Crippen molar-refractivity contribution in [3.05, 3.63) is 54.9 Å². The summed E-state index contributed by atoms with van der Waals surface area (Å²) in [6.45, 7) is 0.332. The van der Waals surface area contributed by atoms with Crippen molar-refractivity contribution in [3.63, 3.8) is 0 Å². The summed E-state index contributed by atoms with van der Waals surface area (Å²) >= 11 is 0.274. The highest BCUT2D eigenvalue weighted by Crippen LogP contribution is 2.28. The molecule has 4 rings (SSSR count). The van der Waals surface area contributed by atoms with Gasteiger partial charge in [-0.1, -0.05) is 6.07 Å². The van der Waals surface area contributed by atoms with Gasteiger partial charge in [0, 0.05) is 54.1 Å². The highest BCUT2D eigenvalue weighted by Gasteiger charge is 2.10. The van der Waals surface area contributed by atoms with Crippen LogP contribution in [-0.4, -0.2) is 26.9 Å². The van der Waals surface area contributed by atoms with Crippen molar-refractivity contribution in [1.29, 1.82) is 0 Å². The summed E-state index contributed by atoms with van der Waals surface area (Å²) in [4.78, 5) is 8.95. The molecule has 7 heteroatoms. The van der Waals surface area contributed by atoms with E-state index in [-0.39, 0.29) is 12.1 Å². The van der Waals surface area contributed by atoms with Crippen LogP contribution in [-0.2, 0) is 7.05 Å². The van der Waals surface area contributed by atoms with Gasteiger partial charge in [0.1, 0.15) is 17.2 Å². The van der Waals surface area contributed by atoms with Gasteiger partial charge in [0.25, 0.3) is 0 Å². The molecule has 3 aromatic heterocycles. The van der Waals surface area contributed by atoms with E-state index in [1.807, 2.05) is 55.7 Å². The second-order valence-electron chi connectivity index (χ2n) is 5.83. The van der Waals surface area contributed by atoms with E-state index >= 15 is 0 Å². The number of benzene rings is 1. The van der Waals surface area contributed by atoms with Crippen molar-refractivity contribution >= 4 is 45.6 Å². The van der Waals surface area contributed by atoms with Gasteiger partial charge in [-0.05, 0) is 30.3 Å². The lowest BCUT2D eigenvalue weighted by Crippen LogP contribution is -2.00. The molecule has 0 radical (unpaired) electrons. The van der Waals surface area contributed by atoms with Crippen LogP contribution in [0.3, 0.4) is 0 Å². The first kappa shape index (κ1) is 16.7.